The van der Waals surface area contributed by atoms with Crippen LogP contribution in [0.25, 0.3) is 5.57 Å². The molecular formula is C17H22ClN. The molecule has 1 aromatic carbocycles. The molecule has 0 heterocycles. The summed E-state index contributed by atoms with van der Waals surface area (Å²) >= 11 is 6.21. The first-order chi connectivity index (χ1) is 9.11. The second-order valence-electron chi connectivity index (χ2n) is 6.35. The van der Waals surface area contributed by atoms with Crippen molar-refractivity contribution in [1.29, 1.82) is 0 Å². The minimum Gasteiger partial charge on any atom is -0.306 e. The van der Waals surface area contributed by atoms with Gasteiger partial charge >= 0.3 is 0 Å². The van der Waals surface area contributed by atoms with Gasteiger partial charge in [-0.25, -0.2) is 0 Å². The molecule has 1 saturated carbocycles. The van der Waals surface area contributed by atoms with Crippen LogP contribution in [0.1, 0.15) is 43.2 Å². The maximum Gasteiger partial charge on any atom is 0.0412 e. The van der Waals surface area contributed by atoms with Crippen LogP contribution in [0.4, 0.5) is 0 Å². The second-order valence-corrected chi connectivity index (χ2v) is 6.78. The SMILES string of the molecule is CN(C)CC=C1CC2(CCCC2)c2ccc(Cl)cc21. The van der Waals surface area contributed by atoms with E-state index in [0.717, 1.165) is 11.6 Å². The Morgan fingerprint density at radius 1 is 1.26 bits per heavy atom. The Hall–Kier alpha value is -0.790. The standard InChI is InChI=1S/C17H22ClN/c1-19(2)10-7-13-12-17(8-3-4-9-17)16-6-5-14(18)11-15(13)16/h5-7,11H,3-4,8-10,12H2,1-2H3. The van der Waals surface area contributed by atoms with Gasteiger partial charge in [0.05, 0.1) is 0 Å². The maximum atomic E-state index is 6.21. The van der Waals surface area contributed by atoms with Crippen LogP contribution in [0.5, 0.6) is 0 Å². The summed E-state index contributed by atoms with van der Waals surface area (Å²) in [6, 6.07) is 6.51. The van der Waals surface area contributed by atoms with Gasteiger partial charge in [0.2, 0.25) is 0 Å². The summed E-state index contributed by atoms with van der Waals surface area (Å²) in [4.78, 5) is 2.22. The van der Waals surface area contributed by atoms with E-state index in [1.807, 2.05) is 0 Å². The van der Waals surface area contributed by atoms with Crippen molar-refractivity contribution >= 4 is 17.2 Å². The highest BCUT2D eigenvalue weighted by Crippen LogP contribution is 2.54. The highest BCUT2D eigenvalue weighted by atomic mass is 35.5. The summed E-state index contributed by atoms with van der Waals surface area (Å²) < 4.78 is 0. The van der Waals surface area contributed by atoms with Crippen LogP contribution in [0, 0.1) is 0 Å². The summed E-state index contributed by atoms with van der Waals surface area (Å²) in [5.74, 6) is 0. The Bertz CT molecular complexity index is 510. The molecule has 1 nitrogen and oxygen atoms in total. The Morgan fingerprint density at radius 2 is 2.00 bits per heavy atom. The van der Waals surface area contributed by atoms with Crippen LogP contribution < -0.4 is 0 Å². The van der Waals surface area contributed by atoms with Crippen molar-refractivity contribution < 1.29 is 0 Å². The normalized spacial score (nSPS) is 22.6. The Balaban J connectivity index is 2.03. The molecule has 19 heavy (non-hydrogen) atoms. The number of hydrogen-bond donors (Lipinski definition) is 0. The zero-order chi connectivity index (χ0) is 13.5. The molecule has 0 radical (unpaired) electrons. The zero-order valence-corrected chi connectivity index (χ0v) is 12.6. The van der Waals surface area contributed by atoms with Crippen LogP contribution >= 0.6 is 11.6 Å². The fourth-order valence-electron chi connectivity index (χ4n) is 3.77. The molecule has 0 aromatic heterocycles. The van der Waals surface area contributed by atoms with Gasteiger partial charge in [-0.2, -0.15) is 0 Å². The molecule has 0 bridgehead atoms. The topological polar surface area (TPSA) is 3.24 Å². The predicted octanol–water partition coefficient (Wildman–Crippen LogP) is 4.50. The van der Waals surface area contributed by atoms with Crippen molar-refractivity contribution in [2.75, 3.05) is 20.6 Å². The number of nitrogens with zero attached hydrogens (tertiary/aromatic N) is 1. The minimum atomic E-state index is 0.429. The average Bonchev–Trinajstić information content (AvgIpc) is 2.94. The maximum absolute atomic E-state index is 6.21. The van der Waals surface area contributed by atoms with Crippen molar-refractivity contribution in [2.45, 2.75) is 37.5 Å². The predicted molar refractivity (Wildman–Crippen MR) is 82.7 cm³/mol. The highest BCUT2D eigenvalue weighted by molar-refractivity contribution is 6.30. The van der Waals surface area contributed by atoms with E-state index < -0.39 is 0 Å². The van der Waals surface area contributed by atoms with Crippen LogP contribution in [0.3, 0.4) is 0 Å². The molecule has 0 atom stereocenters. The second kappa shape index (κ2) is 4.96. The van der Waals surface area contributed by atoms with E-state index >= 15 is 0 Å². The molecule has 0 unspecified atom stereocenters. The largest absolute Gasteiger partial charge is 0.306 e. The van der Waals surface area contributed by atoms with E-state index in [-0.39, 0.29) is 0 Å². The van der Waals surface area contributed by atoms with E-state index in [1.165, 1.54) is 43.2 Å². The van der Waals surface area contributed by atoms with E-state index in [0.29, 0.717) is 5.41 Å². The van der Waals surface area contributed by atoms with E-state index in [2.05, 4.69) is 43.3 Å². The van der Waals surface area contributed by atoms with Crippen molar-refractivity contribution in [1.82, 2.24) is 4.90 Å². The molecule has 0 saturated heterocycles. The van der Waals surface area contributed by atoms with Gasteiger partial charge in [-0.15, -0.1) is 0 Å². The van der Waals surface area contributed by atoms with Crippen LogP contribution in [-0.4, -0.2) is 25.5 Å². The van der Waals surface area contributed by atoms with E-state index in [9.17, 15) is 0 Å². The zero-order valence-electron chi connectivity index (χ0n) is 11.9. The summed E-state index contributed by atoms with van der Waals surface area (Å²) in [7, 11) is 4.24. The number of hydrogen-bond acceptors (Lipinski definition) is 1. The smallest absolute Gasteiger partial charge is 0.0412 e. The Morgan fingerprint density at radius 3 is 2.68 bits per heavy atom. The molecule has 1 aromatic rings. The van der Waals surface area contributed by atoms with Gasteiger partial charge in [-0.05, 0) is 67.6 Å². The molecule has 2 aliphatic carbocycles. The average molecular weight is 276 g/mol. The highest BCUT2D eigenvalue weighted by Gasteiger charge is 2.42. The van der Waals surface area contributed by atoms with Gasteiger partial charge in [0, 0.05) is 11.6 Å². The molecule has 102 valence electrons. The molecule has 1 fully saturated rings. The lowest BCUT2D eigenvalue weighted by Crippen LogP contribution is -2.17. The number of fused-ring (bicyclic) bond motifs is 2. The van der Waals surface area contributed by atoms with Gasteiger partial charge in [-0.1, -0.05) is 36.6 Å². The summed E-state index contributed by atoms with van der Waals surface area (Å²) in [6.45, 7) is 1.01. The van der Waals surface area contributed by atoms with Crippen LogP contribution in [0.15, 0.2) is 24.3 Å². The fraction of sp³-hybridized carbons (Fsp3) is 0.529. The van der Waals surface area contributed by atoms with Gasteiger partial charge in [0.25, 0.3) is 0 Å². The lowest BCUT2D eigenvalue weighted by molar-refractivity contribution is 0.453. The summed E-state index contributed by atoms with van der Waals surface area (Å²) in [6.07, 6.45) is 9.06. The van der Waals surface area contributed by atoms with Crippen molar-refractivity contribution in [2.24, 2.45) is 0 Å². The van der Waals surface area contributed by atoms with Crippen molar-refractivity contribution in [3.8, 4) is 0 Å². The third kappa shape index (κ3) is 2.34. The van der Waals surface area contributed by atoms with Gasteiger partial charge in [-0.3, -0.25) is 0 Å². The lowest BCUT2D eigenvalue weighted by atomic mass is 9.80. The lowest BCUT2D eigenvalue weighted by Gasteiger charge is -2.23. The third-order valence-corrected chi connectivity index (χ3v) is 4.93. The van der Waals surface area contributed by atoms with Gasteiger partial charge in [0.15, 0.2) is 0 Å². The first kappa shape index (κ1) is 13.2. The van der Waals surface area contributed by atoms with Crippen LogP contribution in [0.2, 0.25) is 5.02 Å². The summed E-state index contributed by atoms with van der Waals surface area (Å²) in [5, 5.41) is 0.865. The molecular weight excluding hydrogens is 254 g/mol. The molecule has 0 amide bonds. The molecule has 3 rings (SSSR count). The molecule has 2 heteroatoms. The summed E-state index contributed by atoms with van der Waals surface area (Å²) in [5.41, 5.74) is 4.90. The van der Waals surface area contributed by atoms with Crippen molar-refractivity contribution in [3.05, 3.63) is 40.4 Å². The molecule has 0 N–H and O–H groups in total. The number of halogens is 1. The Labute approximate surface area is 121 Å². The van der Waals surface area contributed by atoms with Gasteiger partial charge in [0.1, 0.15) is 0 Å². The number of benzene rings is 1. The first-order valence-corrected chi connectivity index (χ1v) is 7.63. The molecule has 0 aliphatic heterocycles. The van der Waals surface area contributed by atoms with Crippen molar-refractivity contribution in [3.63, 3.8) is 0 Å². The van der Waals surface area contributed by atoms with Gasteiger partial charge < -0.3 is 4.90 Å². The van der Waals surface area contributed by atoms with E-state index in [1.54, 1.807) is 5.56 Å². The first-order valence-electron chi connectivity index (χ1n) is 7.25. The van der Waals surface area contributed by atoms with E-state index in [4.69, 9.17) is 11.6 Å². The number of allylic oxidation sites excluding steroid dienone is 1. The monoisotopic (exact) mass is 275 g/mol. The fourth-order valence-corrected chi connectivity index (χ4v) is 3.94. The van der Waals surface area contributed by atoms with Crippen LogP contribution in [-0.2, 0) is 5.41 Å². The quantitative estimate of drug-likeness (QED) is 0.768. The minimum absolute atomic E-state index is 0.429. The Kier molecular flexibility index (Phi) is 3.44. The number of rotatable bonds is 2. The number of likely N-dealkylation sites (N-methyl/N-ethyl adjacent to an activating group) is 1. The molecule has 2 aliphatic rings. The molecule has 1 spiro atoms. The third-order valence-electron chi connectivity index (χ3n) is 4.69.